The van der Waals surface area contributed by atoms with Crippen molar-refractivity contribution in [1.82, 2.24) is 0 Å². The lowest BCUT2D eigenvalue weighted by Gasteiger charge is -2.18. The number of allylic oxidation sites excluding steroid dienone is 10. The third-order valence-electron chi connectivity index (χ3n) is 11.6. The minimum absolute atomic E-state index is 0.0593. The smallest absolute Gasteiger partial charge is 0.306 e. The Hall–Kier alpha value is -2.40. The molecule has 5 heteroatoms. The van der Waals surface area contributed by atoms with E-state index in [9.17, 15) is 9.59 Å². The van der Waals surface area contributed by atoms with Gasteiger partial charge in [-0.25, -0.2) is 0 Å². The van der Waals surface area contributed by atoms with Gasteiger partial charge in [0.25, 0.3) is 0 Å². The van der Waals surface area contributed by atoms with Gasteiger partial charge in [0, 0.05) is 19.4 Å². The molecule has 0 rings (SSSR count). The monoisotopic (exact) mass is 867 g/mol. The first-order chi connectivity index (χ1) is 30.6. The number of unbranched alkanes of at least 4 members (excludes halogenated alkanes) is 28. The quantitative estimate of drug-likeness (QED) is 0.0346. The zero-order chi connectivity index (χ0) is 44.9. The summed E-state index contributed by atoms with van der Waals surface area (Å²) in [5.74, 6) is -0.452. The van der Waals surface area contributed by atoms with Crippen LogP contribution in [-0.2, 0) is 23.8 Å². The van der Waals surface area contributed by atoms with E-state index in [1.807, 2.05) is 0 Å². The first-order valence-electron chi connectivity index (χ1n) is 26.8. The maximum Gasteiger partial charge on any atom is 0.306 e. The van der Waals surface area contributed by atoms with Gasteiger partial charge >= 0.3 is 11.9 Å². The lowest BCUT2D eigenvalue weighted by atomic mass is 10.0. The van der Waals surface area contributed by atoms with Crippen molar-refractivity contribution in [2.75, 3.05) is 19.8 Å². The van der Waals surface area contributed by atoms with Crippen molar-refractivity contribution in [2.24, 2.45) is 0 Å². The van der Waals surface area contributed by atoms with E-state index in [1.54, 1.807) is 0 Å². The largest absolute Gasteiger partial charge is 0.462 e. The molecule has 0 aromatic carbocycles. The lowest BCUT2D eigenvalue weighted by Crippen LogP contribution is -2.30. The molecule has 0 aromatic heterocycles. The molecule has 0 aliphatic rings. The molecule has 0 radical (unpaired) electrons. The molecule has 0 heterocycles. The van der Waals surface area contributed by atoms with E-state index in [0.717, 1.165) is 70.6 Å². The summed E-state index contributed by atoms with van der Waals surface area (Å²) in [7, 11) is 0. The Kier molecular flexibility index (Phi) is 50.9. The first-order valence-corrected chi connectivity index (χ1v) is 26.8. The van der Waals surface area contributed by atoms with Crippen molar-refractivity contribution in [3.63, 3.8) is 0 Å². The summed E-state index contributed by atoms with van der Waals surface area (Å²) >= 11 is 0. The summed E-state index contributed by atoms with van der Waals surface area (Å²) in [5, 5.41) is 0. The normalized spacial score (nSPS) is 12.6. The van der Waals surface area contributed by atoms with Crippen LogP contribution in [0.5, 0.6) is 0 Å². The van der Waals surface area contributed by atoms with Crippen LogP contribution in [0.3, 0.4) is 0 Å². The van der Waals surface area contributed by atoms with Gasteiger partial charge in [-0.15, -0.1) is 0 Å². The van der Waals surface area contributed by atoms with E-state index in [4.69, 9.17) is 14.2 Å². The van der Waals surface area contributed by atoms with Gasteiger partial charge in [0.15, 0.2) is 6.10 Å². The van der Waals surface area contributed by atoms with Crippen molar-refractivity contribution in [1.29, 1.82) is 0 Å². The maximum atomic E-state index is 12.8. The molecular weight excluding hydrogens is 765 g/mol. The Bertz CT molecular complexity index is 1070. The number of hydrogen-bond donors (Lipinski definition) is 0. The fourth-order valence-electron chi connectivity index (χ4n) is 7.61. The molecule has 0 aliphatic carbocycles. The molecule has 0 spiro atoms. The van der Waals surface area contributed by atoms with Gasteiger partial charge in [0.05, 0.1) is 6.61 Å². The molecular formula is C57H102O5. The van der Waals surface area contributed by atoms with Crippen molar-refractivity contribution in [2.45, 2.75) is 271 Å². The molecule has 0 amide bonds. The molecule has 5 nitrogen and oxygen atoms in total. The SMILES string of the molecule is CC/C=C\C/C=C\C/C=C\C/C=C\C/C=C\CCCC(=O)OCC(COCCCCCCCCCCCCCC)OC(=O)CCCCCCCCCCCCCCCCCCC. The van der Waals surface area contributed by atoms with E-state index in [-0.39, 0.29) is 25.2 Å². The minimum Gasteiger partial charge on any atom is -0.462 e. The topological polar surface area (TPSA) is 61.8 Å². The zero-order valence-electron chi connectivity index (χ0n) is 41.4. The second-order valence-electron chi connectivity index (χ2n) is 17.8. The number of carbonyl (C=O) groups is 2. The number of esters is 2. The van der Waals surface area contributed by atoms with Gasteiger partial charge in [-0.1, -0.05) is 255 Å². The summed E-state index contributed by atoms with van der Waals surface area (Å²) < 4.78 is 17.4. The molecule has 0 aromatic rings. The van der Waals surface area contributed by atoms with Gasteiger partial charge < -0.3 is 14.2 Å². The molecule has 0 N–H and O–H groups in total. The fourth-order valence-corrected chi connectivity index (χ4v) is 7.61. The van der Waals surface area contributed by atoms with Crippen LogP contribution in [0.15, 0.2) is 60.8 Å². The van der Waals surface area contributed by atoms with Crippen molar-refractivity contribution in [3.05, 3.63) is 60.8 Å². The van der Waals surface area contributed by atoms with Crippen LogP contribution in [0.1, 0.15) is 265 Å². The average Bonchev–Trinajstić information content (AvgIpc) is 3.27. The molecule has 62 heavy (non-hydrogen) atoms. The molecule has 0 bridgehead atoms. The number of ether oxygens (including phenoxy) is 3. The van der Waals surface area contributed by atoms with E-state index >= 15 is 0 Å². The van der Waals surface area contributed by atoms with E-state index in [2.05, 4.69) is 81.5 Å². The van der Waals surface area contributed by atoms with Gasteiger partial charge in [0.1, 0.15) is 6.61 Å². The van der Waals surface area contributed by atoms with Crippen molar-refractivity contribution >= 4 is 11.9 Å². The Morgan fingerprint density at radius 3 is 1.15 bits per heavy atom. The first kappa shape index (κ1) is 59.6. The predicted octanol–water partition coefficient (Wildman–Crippen LogP) is 18.1. The Morgan fingerprint density at radius 1 is 0.371 bits per heavy atom. The summed E-state index contributed by atoms with van der Waals surface area (Å²) in [6, 6.07) is 0. The third kappa shape index (κ3) is 50.2. The highest BCUT2D eigenvalue weighted by molar-refractivity contribution is 5.70. The van der Waals surface area contributed by atoms with E-state index in [1.165, 1.54) is 161 Å². The summed E-state index contributed by atoms with van der Waals surface area (Å²) in [6.45, 7) is 7.69. The molecule has 0 aliphatic heterocycles. The number of hydrogen-bond acceptors (Lipinski definition) is 5. The van der Waals surface area contributed by atoms with Crippen LogP contribution < -0.4 is 0 Å². The lowest BCUT2D eigenvalue weighted by molar-refractivity contribution is -0.163. The van der Waals surface area contributed by atoms with Crippen molar-refractivity contribution in [3.8, 4) is 0 Å². The Balaban J connectivity index is 4.31. The van der Waals surface area contributed by atoms with Crippen LogP contribution in [-0.4, -0.2) is 37.9 Å². The number of rotatable bonds is 49. The molecule has 0 saturated carbocycles. The van der Waals surface area contributed by atoms with Crippen LogP contribution in [0, 0.1) is 0 Å². The van der Waals surface area contributed by atoms with Crippen LogP contribution in [0.4, 0.5) is 0 Å². The average molecular weight is 867 g/mol. The van der Waals surface area contributed by atoms with Gasteiger partial charge in [0.2, 0.25) is 0 Å². The van der Waals surface area contributed by atoms with Gasteiger partial charge in [-0.2, -0.15) is 0 Å². The van der Waals surface area contributed by atoms with Crippen LogP contribution in [0.25, 0.3) is 0 Å². The third-order valence-corrected chi connectivity index (χ3v) is 11.6. The molecule has 0 fully saturated rings. The predicted molar refractivity (Wildman–Crippen MR) is 270 cm³/mol. The second-order valence-corrected chi connectivity index (χ2v) is 17.8. The number of carbonyl (C=O) groups excluding carboxylic acids is 2. The van der Waals surface area contributed by atoms with Gasteiger partial charge in [-0.05, 0) is 57.8 Å². The summed E-state index contributed by atoms with van der Waals surface area (Å²) in [5.41, 5.74) is 0. The van der Waals surface area contributed by atoms with Gasteiger partial charge in [-0.3, -0.25) is 9.59 Å². The highest BCUT2D eigenvalue weighted by Crippen LogP contribution is 2.16. The standard InChI is InChI=1S/C57H102O5/c1-4-7-10-13-16-19-22-25-27-29-31-33-35-38-41-44-47-50-56(58)61-54-55(53-60-52-49-46-43-40-37-24-21-18-15-12-9-6-3)62-57(59)51-48-45-42-39-36-34-32-30-28-26-23-20-17-14-11-8-5-2/h7,10,16,19,25,27,31,33,38,41,55H,4-6,8-9,11-15,17-18,20-24,26,28-30,32,34-37,39-40,42-54H2,1-3H3/b10-7-,19-16-,27-25-,33-31-,41-38-. The Morgan fingerprint density at radius 2 is 0.726 bits per heavy atom. The minimum atomic E-state index is -0.555. The van der Waals surface area contributed by atoms with Crippen LogP contribution in [0.2, 0.25) is 0 Å². The molecule has 360 valence electrons. The van der Waals surface area contributed by atoms with E-state index in [0.29, 0.717) is 19.4 Å². The zero-order valence-corrected chi connectivity index (χ0v) is 41.4. The molecule has 0 saturated heterocycles. The van der Waals surface area contributed by atoms with E-state index < -0.39 is 6.10 Å². The van der Waals surface area contributed by atoms with Crippen molar-refractivity contribution < 1.29 is 23.8 Å². The summed E-state index contributed by atoms with van der Waals surface area (Å²) in [6.07, 6.45) is 66.6. The second kappa shape index (κ2) is 52.9. The highest BCUT2D eigenvalue weighted by atomic mass is 16.6. The Labute approximate surface area is 385 Å². The molecule has 1 unspecified atom stereocenters. The maximum absolute atomic E-state index is 12.8. The van der Waals surface area contributed by atoms with Crippen LogP contribution >= 0.6 is 0 Å². The highest BCUT2D eigenvalue weighted by Gasteiger charge is 2.17. The summed E-state index contributed by atoms with van der Waals surface area (Å²) in [4.78, 5) is 25.4. The molecule has 1 atom stereocenters. The fraction of sp³-hybridized carbons (Fsp3) is 0.789.